The van der Waals surface area contributed by atoms with Crippen molar-refractivity contribution < 1.29 is 59.5 Å². The smallest absolute Gasteiger partial charge is 0.306 e. The molecule has 0 aromatic rings. The maximum absolute atomic E-state index is 12.5. The first-order valence-corrected chi connectivity index (χ1v) is 14.0. The van der Waals surface area contributed by atoms with Gasteiger partial charge in [-0.2, -0.15) is 0 Å². The van der Waals surface area contributed by atoms with E-state index < -0.39 is 80.6 Å². The number of carbonyl (C=O) groups excluding carboxylic acids is 1. The van der Waals surface area contributed by atoms with Gasteiger partial charge in [0, 0.05) is 6.42 Å². The number of carbonyl (C=O) groups is 1. The molecule has 224 valence electrons. The van der Waals surface area contributed by atoms with Gasteiger partial charge in [0.2, 0.25) is 0 Å². The van der Waals surface area contributed by atoms with E-state index in [0.29, 0.717) is 6.42 Å². The molecule has 2 rings (SSSR count). The second kappa shape index (κ2) is 17.7. The third kappa shape index (κ3) is 9.92. The third-order valence-corrected chi connectivity index (χ3v) is 7.21. The zero-order chi connectivity index (χ0) is 28.1. The number of aliphatic hydroxyl groups is 7. The molecule has 0 saturated carbocycles. The Morgan fingerprint density at radius 1 is 0.658 bits per heavy atom. The van der Waals surface area contributed by atoms with Gasteiger partial charge in [-0.15, -0.1) is 0 Å². The molecule has 0 radical (unpaired) electrons. The topological polar surface area (TPSA) is 196 Å². The summed E-state index contributed by atoms with van der Waals surface area (Å²) in [7, 11) is 0. The third-order valence-electron chi connectivity index (χ3n) is 7.21. The normalized spacial score (nSPS) is 35.8. The van der Waals surface area contributed by atoms with E-state index in [-0.39, 0.29) is 6.42 Å². The molecule has 0 aliphatic carbocycles. The van der Waals surface area contributed by atoms with E-state index in [1.165, 1.54) is 44.9 Å². The van der Waals surface area contributed by atoms with Crippen LogP contribution in [0.25, 0.3) is 0 Å². The van der Waals surface area contributed by atoms with E-state index in [1.54, 1.807) is 0 Å². The average Bonchev–Trinajstić information content (AvgIpc) is 2.91. The molecule has 0 bridgehead atoms. The summed E-state index contributed by atoms with van der Waals surface area (Å²) in [5.41, 5.74) is 0. The van der Waals surface area contributed by atoms with Crippen molar-refractivity contribution in [2.75, 3.05) is 13.2 Å². The molecule has 0 spiro atoms. The minimum absolute atomic E-state index is 0.0752. The summed E-state index contributed by atoms with van der Waals surface area (Å²) >= 11 is 0. The van der Waals surface area contributed by atoms with E-state index in [4.69, 9.17) is 18.9 Å². The predicted octanol–water partition coefficient (Wildman–Crippen LogP) is -0.145. The number of unbranched alkanes of at least 4 members (excludes halogenated alkanes) is 10. The molecule has 2 aliphatic heterocycles. The van der Waals surface area contributed by atoms with Crippen LogP contribution in [-0.4, -0.2) is 116 Å². The zero-order valence-electron chi connectivity index (χ0n) is 22.3. The second-order valence-electron chi connectivity index (χ2n) is 10.3. The highest BCUT2D eigenvalue weighted by Crippen LogP contribution is 2.30. The molecule has 12 nitrogen and oxygen atoms in total. The summed E-state index contributed by atoms with van der Waals surface area (Å²) in [5.74, 6) is -0.647. The van der Waals surface area contributed by atoms with E-state index in [0.717, 1.165) is 19.3 Å². The minimum Gasteiger partial charge on any atom is -0.454 e. The van der Waals surface area contributed by atoms with Crippen molar-refractivity contribution in [3.63, 3.8) is 0 Å². The number of hydrogen-bond donors (Lipinski definition) is 7. The molecule has 2 heterocycles. The fraction of sp³-hybridized carbons (Fsp3) is 0.962. The highest BCUT2D eigenvalue weighted by molar-refractivity contribution is 5.69. The molecular weight excluding hydrogens is 504 g/mol. The van der Waals surface area contributed by atoms with Crippen LogP contribution >= 0.6 is 0 Å². The second-order valence-corrected chi connectivity index (χ2v) is 10.3. The first-order chi connectivity index (χ1) is 18.2. The van der Waals surface area contributed by atoms with Gasteiger partial charge in [-0.25, -0.2) is 0 Å². The fourth-order valence-corrected chi connectivity index (χ4v) is 4.83. The largest absolute Gasteiger partial charge is 0.454 e. The Hall–Kier alpha value is -0.930. The maximum atomic E-state index is 12.5. The number of hydrogen-bond acceptors (Lipinski definition) is 12. The fourth-order valence-electron chi connectivity index (χ4n) is 4.83. The van der Waals surface area contributed by atoms with Gasteiger partial charge in [0.05, 0.1) is 13.2 Å². The van der Waals surface area contributed by atoms with Crippen LogP contribution in [0.1, 0.15) is 84.0 Å². The van der Waals surface area contributed by atoms with E-state index >= 15 is 0 Å². The molecular formula is C26H48O12. The van der Waals surface area contributed by atoms with Crippen LogP contribution in [0.2, 0.25) is 0 Å². The van der Waals surface area contributed by atoms with E-state index in [2.05, 4.69) is 6.92 Å². The van der Waals surface area contributed by atoms with Crippen LogP contribution in [0.15, 0.2) is 0 Å². The van der Waals surface area contributed by atoms with E-state index in [9.17, 15) is 40.5 Å². The maximum Gasteiger partial charge on any atom is 0.306 e. The molecule has 2 saturated heterocycles. The van der Waals surface area contributed by atoms with Gasteiger partial charge < -0.3 is 54.7 Å². The van der Waals surface area contributed by atoms with Crippen molar-refractivity contribution in [3.8, 4) is 0 Å². The Balaban J connectivity index is 1.85. The van der Waals surface area contributed by atoms with Gasteiger partial charge in [0.15, 0.2) is 18.7 Å². The highest BCUT2D eigenvalue weighted by atomic mass is 16.7. The van der Waals surface area contributed by atoms with Gasteiger partial charge >= 0.3 is 5.97 Å². The lowest BCUT2D eigenvalue weighted by atomic mass is 9.97. The molecule has 2 fully saturated rings. The lowest BCUT2D eigenvalue weighted by Crippen LogP contribution is -2.65. The molecule has 7 N–H and O–H groups in total. The standard InChI is InChI=1S/C26H48O12/c1-2-3-4-5-6-7-8-9-10-11-12-13-18(29)37-24-20(31)19(30)16(14-27)36-26(24)38-23-17(15-28)35-25(34)22(33)21(23)32/h16-17,19-28,30-34H,2-15H2,1H3/t16-,17-,19+,20+,21-,22-,23-,24-,25-,26+/m1/s1. The molecule has 0 amide bonds. The zero-order valence-corrected chi connectivity index (χ0v) is 22.3. The van der Waals surface area contributed by atoms with Gasteiger partial charge in [-0.05, 0) is 6.42 Å². The van der Waals surface area contributed by atoms with Crippen molar-refractivity contribution in [1.82, 2.24) is 0 Å². The SMILES string of the molecule is CCCCCCCCCCCCCC(=O)O[C@H]1[C@H](O[C@H]2[C@H](O)[C@@H](O)[C@H](O)O[C@@H]2CO)O[C@H](CO)[C@H](O)[C@@H]1O. The molecule has 38 heavy (non-hydrogen) atoms. The molecule has 12 heteroatoms. The number of ether oxygens (including phenoxy) is 4. The summed E-state index contributed by atoms with van der Waals surface area (Å²) < 4.78 is 21.6. The lowest BCUT2D eigenvalue weighted by Gasteiger charge is -2.46. The van der Waals surface area contributed by atoms with Crippen LogP contribution in [0.4, 0.5) is 0 Å². The molecule has 0 aromatic carbocycles. The average molecular weight is 553 g/mol. The predicted molar refractivity (Wildman–Crippen MR) is 134 cm³/mol. The van der Waals surface area contributed by atoms with Gasteiger partial charge in [0.1, 0.15) is 42.7 Å². The van der Waals surface area contributed by atoms with Crippen molar-refractivity contribution in [2.45, 2.75) is 145 Å². The lowest BCUT2D eigenvalue weighted by molar-refractivity contribution is -0.355. The summed E-state index contributed by atoms with van der Waals surface area (Å²) in [6.07, 6.45) is -3.30. The number of aliphatic hydroxyl groups excluding tert-OH is 7. The summed E-state index contributed by atoms with van der Waals surface area (Å²) in [6, 6.07) is 0. The van der Waals surface area contributed by atoms with E-state index in [1.807, 2.05) is 0 Å². The van der Waals surface area contributed by atoms with Crippen molar-refractivity contribution in [1.29, 1.82) is 0 Å². The van der Waals surface area contributed by atoms with Crippen LogP contribution in [0.3, 0.4) is 0 Å². The summed E-state index contributed by atoms with van der Waals surface area (Å²) in [6.45, 7) is 0.815. The first-order valence-electron chi connectivity index (χ1n) is 14.0. The Morgan fingerprint density at radius 3 is 1.74 bits per heavy atom. The minimum atomic E-state index is -1.77. The number of rotatable bonds is 17. The summed E-state index contributed by atoms with van der Waals surface area (Å²) in [4.78, 5) is 12.5. The quantitative estimate of drug-likeness (QED) is 0.0933. The van der Waals surface area contributed by atoms with Crippen LogP contribution in [0.5, 0.6) is 0 Å². The van der Waals surface area contributed by atoms with Crippen LogP contribution in [0, 0.1) is 0 Å². The highest BCUT2D eigenvalue weighted by Gasteiger charge is 2.51. The Labute approximate surface area is 224 Å². The van der Waals surface area contributed by atoms with Crippen molar-refractivity contribution in [2.24, 2.45) is 0 Å². The molecule has 10 atom stereocenters. The Morgan fingerprint density at radius 2 is 1.18 bits per heavy atom. The molecule has 0 aromatic heterocycles. The van der Waals surface area contributed by atoms with Crippen LogP contribution < -0.4 is 0 Å². The monoisotopic (exact) mass is 552 g/mol. The Kier molecular flexibility index (Phi) is 15.5. The van der Waals surface area contributed by atoms with Crippen molar-refractivity contribution >= 4 is 5.97 Å². The molecule has 0 unspecified atom stereocenters. The van der Waals surface area contributed by atoms with Crippen LogP contribution in [-0.2, 0) is 23.7 Å². The van der Waals surface area contributed by atoms with Gasteiger partial charge in [0.25, 0.3) is 0 Å². The Bertz CT molecular complexity index is 650. The summed E-state index contributed by atoms with van der Waals surface area (Å²) in [5, 5.41) is 70.0. The van der Waals surface area contributed by atoms with Gasteiger partial charge in [-0.3, -0.25) is 4.79 Å². The first kappa shape index (κ1) is 33.3. The van der Waals surface area contributed by atoms with Crippen molar-refractivity contribution in [3.05, 3.63) is 0 Å². The van der Waals surface area contributed by atoms with Gasteiger partial charge in [-0.1, -0.05) is 71.1 Å². The number of esters is 1. The molecule has 2 aliphatic rings.